The third-order valence-corrected chi connectivity index (χ3v) is 3.47. The maximum atomic E-state index is 10.2. The van der Waals surface area contributed by atoms with E-state index in [9.17, 15) is 5.11 Å². The molecule has 2 aliphatic rings. The van der Waals surface area contributed by atoms with E-state index in [1.54, 1.807) is 0 Å². The van der Waals surface area contributed by atoms with Crippen LogP contribution in [0, 0.1) is 0 Å². The second kappa shape index (κ2) is 3.80. The van der Waals surface area contributed by atoms with Crippen molar-refractivity contribution in [2.45, 2.75) is 56.8 Å². The number of rotatable bonds is 2. The molecule has 1 N–H and O–H groups in total. The van der Waals surface area contributed by atoms with Gasteiger partial charge in [0.2, 0.25) is 0 Å². The molecule has 0 bridgehead atoms. The van der Waals surface area contributed by atoms with Crippen molar-refractivity contribution in [3.05, 3.63) is 0 Å². The summed E-state index contributed by atoms with van der Waals surface area (Å²) in [6.45, 7) is 3.54. The van der Waals surface area contributed by atoms with Crippen LogP contribution in [0.2, 0.25) is 0 Å². The molecule has 0 amide bonds. The minimum atomic E-state index is -0.449. The third-order valence-electron chi connectivity index (χ3n) is 3.47. The summed E-state index contributed by atoms with van der Waals surface area (Å²) >= 11 is 0. The van der Waals surface area contributed by atoms with Gasteiger partial charge in [0, 0.05) is 12.8 Å². The molecule has 14 heavy (non-hydrogen) atoms. The Kier molecular flexibility index (Phi) is 2.82. The quantitative estimate of drug-likeness (QED) is 0.739. The molecule has 0 radical (unpaired) electrons. The Morgan fingerprint density at radius 2 is 1.64 bits per heavy atom. The summed E-state index contributed by atoms with van der Waals surface area (Å²) in [7, 11) is 0. The number of aliphatic hydroxyl groups is 1. The second-order valence-corrected chi connectivity index (χ2v) is 4.58. The van der Waals surface area contributed by atoms with Gasteiger partial charge in [-0.3, -0.25) is 0 Å². The molecule has 3 heteroatoms. The van der Waals surface area contributed by atoms with Gasteiger partial charge < -0.3 is 14.6 Å². The highest BCUT2D eigenvalue weighted by Gasteiger charge is 2.44. The predicted molar refractivity (Wildman–Crippen MR) is 53.0 cm³/mol. The smallest absolute Gasteiger partial charge is 0.168 e. The highest BCUT2D eigenvalue weighted by atomic mass is 16.7. The molecule has 1 heterocycles. The lowest BCUT2D eigenvalue weighted by atomic mass is 9.79. The van der Waals surface area contributed by atoms with Crippen molar-refractivity contribution in [1.29, 1.82) is 0 Å². The zero-order valence-corrected chi connectivity index (χ0v) is 8.92. The van der Waals surface area contributed by atoms with Gasteiger partial charge in [-0.1, -0.05) is 13.3 Å². The third kappa shape index (κ3) is 1.95. The first-order valence-electron chi connectivity index (χ1n) is 5.68. The van der Waals surface area contributed by atoms with Gasteiger partial charge in [0.15, 0.2) is 5.79 Å². The molecule has 1 aliphatic heterocycles. The van der Waals surface area contributed by atoms with Crippen LogP contribution in [-0.2, 0) is 9.47 Å². The standard InChI is InChI=1S/C11H20O3/c1-2-3-10(12)4-6-11(7-5-10)13-8-9-14-11/h12H,2-9H2,1H3. The van der Waals surface area contributed by atoms with Crippen LogP contribution in [0.25, 0.3) is 0 Å². The van der Waals surface area contributed by atoms with Crippen LogP contribution in [0.1, 0.15) is 45.4 Å². The van der Waals surface area contributed by atoms with Crippen molar-refractivity contribution in [1.82, 2.24) is 0 Å². The molecular formula is C11H20O3. The lowest BCUT2D eigenvalue weighted by Gasteiger charge is -2.40. The first-order valence-corrected chi connectivity index (χ1v) is 5.68. The van der Waals surface area contributed by atoms with Crippen molar-refractivity contribution in [3.8, 4) is 0 Å². The van der Waals surface area contributed by atoms with E-state index in [-0.39, 0.29) is 5.79 Å². The topological polar surface area (TPSA) is 38.7 Å². The molecular weight excluding hydrogens is 180 g/mol. The largest absolute Gasteiger partial charge is 0.390 e. The van der Waals surface area contributed by atoms with Gasteiger partial charge in [-0.05, 0) is 19.3 Å². The van der Waals surface area contributed by atoms with Crippen LogP contribution in [0.4, 0.5) is 0 Å². The molecule has 3 nitrogen and oxygen atoms in total. The fourth-order valence-electron chi connectivity index (χ4n) is 2.60. The van der Waals surface area contributed by atoms with E-state index in [0.717, 1.165) is 38.5 Å². The van der Waals surface area contributed by atoms with Gasteiger partial charge in [-0.15, -0.1) is 0 Å². The summed E-state index contributed by atoms with van der Waals surface area (Å²) in [5.41, 5.74) is -0.449. The first kappa shape index (κ1) is 10.4. The zero-order chi connectivity index (χ0) is 10.1. The predicted octanol–water partition coefficient (Wildman–Crippen LogP) is 1.83. The van der Waals surface area contributed by atoms with Crippen LogP contribution in [0.5, 0.6) is 0 Å². The molecule has 1 saturated heterocycles. The Labute approximate surface area is 85.4 Å². The molecule has 0 aromatic rings. The Balaban J connectivity index is 1.90. The number of hydrogen-bond acceptors (Lipinski definition) is 3. The number of ether oxygens (including phenoxy) is 2. The Morgan fingerprint density at radius 3 is 2.14 bits per heavy atom. The highest BCUT2D eigenvalue weighted by molar-refractivity contribution is 4.90. The van der Waals surface area contributed by atoms with Crippen LogP contribution in [0.3, 0.4) is 0 Å². The van der Waals surface area contributed by atoms with E-state index >= 15 is 0 Å². The fourth-order valence-corrected chi connectivity index (χ4v) is 2.60. The van der Waals surface area contributed by atoms with Gasteiger partial charge in [0.25, 0.3) is 0 Å². The van der Waals surface area contributed by atoms with Crippen LogP contribution >= 0.6 is 0 Å². The van der Waals surface area contributed by atoms with E-state index in [0.29, 0.717) is 13.2 Å². The molecule has 2 fully saturated rings. The molecule has 1 saturated carbocycles. The van der Waals surface area contributed by atoms with Crippen molar-refractivity contribution in [2.75, 3.05) is 13.2 Å². The second-order valence-electron chi connectivity index (χ2n) is 4.58. The zero-order valence-electron chi connectivity index (χ0n) is 8.92. The normalized spacial score (nSPS) is 29.6. The lowest BCUT2D eigenvalue weighted by molar-refractivity contribution is -0.203. The Bertz CT molecular complexity index is 187. The highest BCUT2D eigenvalue weighted by Crippen LogP contribution is 2.41. The van der Waals surface area contributed by atoms with E-state index in [2.05, 4.69) is 6.92 Å². The number of hydrogen-bond donors (Lipinski definition) is 1. The SMILES string of the molecule is CCCC1(O)CCC2(CC1)OCCO2. The fraction of sp³-hybridized carbons (Fsp3) is 1.00. The van der Waals surface area contributed by atoms with Crippen LogP contribution in [-0.4, -0.2) is 29.7 Å². The molecule has 82 valence electrons. The Morgan fingerprint density at radius 1 is 1.07 bits per heavy atom. The van der Waals surface area contributed by atoms with Gasteiger partial charge in [-0.25, -0.2) is 0 Å². The van der Waals surface area contributed by atoms with E-state index in [4.69, 9.17) is 9.47 Å². The molecule has 0 unspecified atom stereocenters. The summed E-state index contributed by atoms with van der Waals surface area (Å²) in [5, 5.41) is 10.2. The summed E-state index contributed by atoms with van der Waals surface area (Å²) in [5.74, 6) is -0.333. The maximum Gasteiger partial charge on any atom is 0.168 e. The van der Waals surface area contributed by atoms with Gasteiger partial charge in [-0.2, -0.15) is 0 Å². The summed E-state index contributed by atoms with van der Waals surface area (Å²) in [6, 6.07) is 0. The van der Waals surface area contributed by atoms with E-state index in [1.807, 2.05) is 0 Å². The van der Waals surface area contributed by atoms with Crippen molar-refractivity contribution < 1.29 is 14.6 Å². The van der Waals surface area contributed by atoms with Crippen LogP contribution < -0.4 is 0 Å². The molecule has 0 aromatic heterocycles. The molecule has 1 aliphatic carbocycles. The van der Waals surface area contributed by atoms with Gasteiger partial charge in [0.1, 0.15) is 0 Å². The maximum absolute atomic E-state index is 10.2. The van der Waals surface area contributed by atoms with E-state index < -0.39 is 5.60 Å². The first-order chi connectivity index (χ1) is 6.68. The Hall–Kier alpha value is -0.120. The van der Waals surface area contributed by atoms with Gasteiger partial charge in [0.05, 0.1) is 18.8 Å². The van der Waals surface area contributed by atoms with Crippen molar-refractivity contribution in [2.24, 2.45) is 0 Å². The summed E-state index contributed by atoms with van der Waals surface area (Å²) < 4.78 is 11.2. The molecule has 0 atom stereocenters. The average Bonchev–Trinajstić information content (AvgIpc) is 2.61. The lowest BCUT2D eigenvalue weighted by Crippen LogP contribution is -2.43. The average molecular weight is 200 g/mol. The molecule has 1 spiro atoms. The van der Waals surface area contributed by atoms with Crippen molar-refractivity contribution >= 4 is 0 Å². The molecule has 0 aromatic carbocycles. The van der Waals surface area contributed by atoms with Crippen LogP contribution in [0.15, 0.2) is 0 Å². The monoisotopic (exact) mass is 200 g/mol. The summed E-state index contributed by atoms with van der Waals surface area (Å²) in [6.07, 6.45) is 5.29. The molecule has 2 rings (SSSR count). The summed E-state index contributed by atoms with van der Waals surface area (Å²) in [4.78, 5) is 0. The van der Waals surface area contributed by atoms with E-state index in [1.165, 1.54) is 0 Å². The minimum Gasteiger partial charge on any atom is -0.390 e. The minimum absolute atomic E-state index is 0.333. The van der Waals surface area contributed by atoms with Crippen molar-refractivity contribution in [3.63, 3.8) is 0 Å². The van der Waals surface area contributed by atoms with Gasteiger partial charge >= 0.3 is 0 Å².